The lowest BCUT2D eigenvalue weighted by molar-refractivity contribution is -0.126. The molecule has 0 fully saturated rings. The molecule has 0 aliphatic heterocycles. The normalized spacial score (nSPS) is 10.9. The summed E-state index contributed by atoms with van der Waals surface area (Å²) < 4.78 is 0. The lowest BCUT2D eigenvalue weighted by Gasteiger charge is -2.05. The molecule has 0 aromatic heterocycles. The van der Waals surface area contributed by atoms with E-state index in [1.165, 1.54) is 5.56 Å². The van der Waals surface area contributed by atoms with E-state index in [0.29, 0.717) is 12.5 Å². The van der Waals surface area contributed by atoms with E-state index in [1.807, 2.05) is 54.6 Å². The summed E-state index contributed by atoms with van der Waals surface area (Å²) in [6.45, 7) is 4.74. The molecule has 0 aliphatic carbocycles. The maximum Gasteiger partial charge on any atom is 0.240 e. The number of hydrogen-bond donors (Lipinski definition) is 2. The third-order valence-electron chi connectivity index (χ3n) is 3.92. The van der Waals surface area contributed by atoms with Gasteiger partial charge in [0.15, 0.2) is 0 Å². The SMILES string of the molecule is CC(C)c1ccc(C=NNC(=O)CCC(=O)NCc2ccccc2)cc1. The summed E-state index contributed by atoms with van der Waals surface area (Å²) in [5.41, 5.74) is 5.64. The minimum atomic E-state index is -0.282. The molecule has 2 aromatic rings. The van der Waals surface area contributed by atoms with Gasteiger partial charge in [0.2, 0.25) is 11.8 Å². The molecule has 0 aliphatic rings. The van der Waals surface area contributed by atoms with Crippen LogP contribution in [0.1, 0.15) is 49.3 Å². The van der Waals surface area contributed by atoms with Crippen molar-refractivity contribution in [1.29, 1.82) is 0 Å². The Morgan fingerprint density at radius 2 is 1.62 bits per heavy atom. The van der Waals surface area contributed by atoms with Gasteiger partial charge in [-0.2, -0.15) is 5.10 Å². The summed E-state index contributed by atoms with van der Waals surface area (Å²) in [5, 5.41) is 6.72. The number of nitrogens with zero attached hydrogens (tertiary/aromatic N) is 1. The maximum atomic E-state index is 11.8. The first-order valence-corrected chi connectivity index (χ1v) is 8.77. The van der Waals surface area contributed by atoms with E-state index < -0.39 is 0 Å². The standard InChI is InChI=1S/C21H25N3O2/c1-16(2)19-10-8-18(9-11-19)15-23-24-21(26)13-12-20(25)22-14-17-6-4-3-5-7-17/h3-11,15-16H,12-14H2,1-2H3,(H,22,25)(H,24,26). The fourth-order valence-corrected chi connectivity index (χ4v) is 2.31. The lowest BCUT2D eigenvalue weighted by atomic mass is 10.0. The molecule has 2 amide bonds. The first-order valence-electron chi connectivity index (χ1n) is 8.77. The third-order valence-corrected chi connectivity index (χ3v) is 3.92. The van der Waals surface area contributed by atoms with Crippen molar-refractivity contribution in [1.82, 2.24) is 10.7 Å². The van der Waals surface area contributed by atoms with Gasteiger partial charge in [-0.25, -0.2) is 5.43 Å². The number of hydrogen-bond acceptors (Lipinski definition) is 3. The molecule has 5 heteroatoms. The van der Waals surface area contributed by atoms with E-state index in [2.05, 4.69) is 29.7 Å². The number of hydrazone groups is 1. The van der Waals surface area contributed by atoms with Gasteiger partial charge in [-0.05, 0) is 22.6 Å². The summed E-state index contributed by atoms with van der Waals surface area (Å²) in [4.78, 5) is 23.5. The Balaban J connectivity index is 1.67. The first-order chi connectivity index (χ1) is 12.5. The summed E-state index contributed by atoms with van der Waals surface area (Å²) in [6, 6.07) is 17.7. The van der Waals surface area contributed by atoms with Crippen LogP contribution in [0, 0.1) is 0 Å². The van der Waals surface area contributed by atoms with Gasteiger partial charge in [-0.3, -0.25) is 9.59 Å². The Morgan fingerprint density at radius 1 is 0.962 bits per heavy atom. The third kappa shape index (κ3) is 6.89. The second-order valence-electron chi connectivity index (χ2n) is 6.38. The summed E-state index contributed by atoms with van der Waals surface area (Å²) >= 11 is 0. The number of benzene rings is 2. The number of amides is 2. The lowest BCUT2D eigenvalue weighted by Crippen LogP contribution is -2.25. The highest BCUT2D eigenvalue weighted by Crippen LogP contribution is 2.13. The molecule has 5 nitrogen and oxygen atoms in total. The molecule has 0 bridgehead atoms. The zero-order valence-electron chi connectivity index (χ0n) is 15.2. The molecular formula is C21H25N3O2. The van der Waals surface area contributed by atoms with Gasteiger partial charge in [0.05, 0.1) is 6.21 Å². The van der Waals surface area contributed by atoms with Crippen LogP contribution in [0.25, 0.3) is 0 Å². The number of carbonyl (C=O) groups excluding carboxylic acids is 2. The first kappa shape index (κ1) is 19.4. The summed E-state index contributed by atoms with van der Waals surface area (Å²) in [7, 11) is 0. The van der Waals surface area contributed by atoms with Gasteiger partial charge in [0.1, 0.15) is 0 Å². The quantitative estimate of drug-likeness (QED) is 0.565. The summed E-state index contributed by atoms with van der Waals surface area (Å²) in [6.07, 6.45) is 1.83. The van der Waals surface area contributed by atoms with Crippen molar-refractivity contribution in [3.8, 4) is 0 Å². The second-order valence-corrected chi connectivity index (χ2v) is 6.38. The van der Waals surface area contributed by atoms with Gasteiger partial charge in [0.25, 0.3) is 0 Å². The Hall–Kier alpha value is -2.95. The Bertz CT molecular complexity index is 738. The molecule has 0 atom stereocenters. The maximum absolute atomic E-state index is 11.8. The topological polar surface area (TPSA) is 70.6 Å². The van der Waals surface area contributed by atoms with E-state index in [0.717, 1.165) is 11.1 Å². The molecule has 2 aromatic carbocycles. The molecule has 2 N–H and O–H groups in total. The molecule has 0 saturated carbocycles. The van der Waals surface area contributed by atoms with Crippen LogP contribution >= 0.6 is 0 Å². The highest BCUT2D eigenvalue weighted by Gasteiger charge is 2.06. The molecule has 2 rings (SSSR count). The van der Waals surface area contributed by atoms with Crippen molar-refractivity contribution < 1.29 is 9.59 Å². The largest absolute Gasteiger partial charge is 0.352 e. The molecule has 0 saturated heterocycles. The van der Waals surface area contributed by atoms with Crippen molar-refractivity contribution in [3.63, 3.8) is 0 Å². The van der Waals surface area contributed by atoms with Gasteiger partial charge >= 0.3 is 0 Å². The van der Waals surface area contributed by atoms with Crippen LogP contribution in [0.5, 0.6) is 0 Å². The van der Waals surface area contributed by atoms with Crippen LogP contribution in [-0.2, 0) is 16.1 Å². The Labute approximate surface area is 154 Å². The van der Waals surface area contributed by atoms with E-state index in [1.54, 1.807) is 6.21 Å². The van der Waals surface area contributed by atoms with Crippen LogP contribution in [0.3, 0.4) is 0 Å². The van der Waals surface area contributed by atoms with E-state index >= 15 is 0 Å². The minimum absolute atomic E-state index is 0.101. The monoisotopic (exact) mass is 351 g/mol. The molecule has 0 radical (unpaired) electrons. The van der Waals surface area contributed by atoms with Crippen LogP contribution in [0.15, 0.2) is 59.7 Å². The smallest absolute Gasteiger partial charge is 0.240 e. The molecule has 26 heavy (non-hydrogen) atoms. The Kier molecular flexibility index (Phi) is 7.55. The predicted octanol–water partition coefficient (Wildman–Crippen LogP) is 3.36. The van der Waals surface area contributed by atoms with Gasteiger partial charge < -0.3 is 5.32 Å². The highest BCUT2D eigenvalue weighted by molar-refractivity contribution is 5.85. The zero-order chi connectivity index (χ0) is 18.8. The van der Waals surface area contributed by atoms with Gasteiger partial charge in [-0.1, -0.05) is 68.4 Å². The Morgan fingerprint density at radius 3 is 2.27 bits per heavy atom. The average Bonchev–Trinajstić information content (AvgIpc) is 2.66. The van der Waals surface area contributed by atoms with Gasteiger partial charge in [0, 0.05) is 19.4 Å². The van der Waals surface area contributed by atoms with Crippen LogP contribution < -0.4 is 10.7 Å². The molecule has 0 unspecified atom stereocenters. The number of rotatable bonds is 8. The fourth-order valence-electron chi connectivity index (χ4n) is 2.31. The van der Waals surface area contributed by atoms with Crippen molar-refractivity contribution in [2.75, 3.05) is 0 Å². The predicted molar refractivity (Wildman–Crippen MR) is 104 cm³/mol. The number of nitrogens with one attached hydrogen (secondary N) is 2. The fraction of sp³-hybridized carbons (Fsp3) is 0.286. The van der Waals surface area contributed by atoms with Gasteiger partial charge in [-0.15, -0.1) is 0 Å². The van der Waals surface area contributed by atoms with E-state index in [4.69, 9.17) is 0 Å². The van der Waals surface area contributed by atoms with Crippen molar-refractivity contribution >= 4 is 18.0 Å². The zero-order valence-corrected chi connectivity index (χ0v) is 15.2. The highest BCUT2D eigenvalue weighted by atomic mass is 16.2. The second kappa shape index (κ2) is 10.1. The average molecular weight is 351 g/mol. The molecule has 0 heterocycles. The van der Waals surface area contributed by atoms with Crippen LogP contribution in [-0.4, -0.2) is 18.0 Å². The molecule has 136 valence electrons. The molecular weight excluding hydrogens is 326 g/mol. The van der Waals surface area contributed by atoms with E-state index in [9.17, 15) is 9.59 Å². The van der Waals surface area contributed by atoms with Crippen molar-refractivity contribution in [2.24, 2.45) is 5.10 Å². The van der Waals surface area contributed by atoms with Crippen molar-refractivity contribution in [3.05, 3.63) is 71.3 Å². The summed E-state index contributed by atoms with van der Waals surface area (Å²) in [5.74, 6) is 0.0425. The van der Waals surface area contributed by atoms with E-state index in [-0.39, 0.29) is 24.7 Å². The molecule has 0 spiro atoms. The van der Waals surface area contributed by atoms with Crippen molar-refractivity contribution in [2.45, 2.75) is 39.2 Å². The van der Waals surface area contributed by atoms with Crippen LogP contribution in [0.4, 0.5) is 0 Å². The van der Waals surface area contributed by atoms with Crippen LogP contribution in [0.2, 0.25) is 0 Å². The minimum Gasteiger partial charge on any atom is -0.352 e. The number of carbonyl (C=O) groups is 2.